The second-order valence-corrected chi connectivity index (χ2v) is 2.75. The predicted octanol–water partition coefficient (Wildman–Crippen LogP) is 0.645. The molecule has 0 aliphatic carbocycles. The van der Waals surface area contributed by atoms with E-state index in [2.05, 4.69) is 4.74 Å². The molecule has 1 heterocycles. The Morgan fingerprint density at radius 3 is 2.33 bits per heavy atom. The summed E-state index contributed by atoms with van der Waals surface area (Å²) in [5.41, 5.74) is -1.02. The fraction of sp³-hybridized carbons (Fsp3) is 0.750. The molecule has 0 amide bonds. The summed E-state index contributed by atoms with van der Waals surface area (Å²) in [7, 11) is 0. The molecule has 0 spiro atoms. The van der Waals surface area contributed by atoms with Gasteiger partial charge >= 0.3 is 11.9 Å². The van der Waals surface area contributed by atoms with Gasteiger partial charge in [0.2, 0.25) is 5.60 Å². The molecule has 1 aliphatic rings. The van der Waals surface area contributed by atoms with Gasteiger partial charge in [-0.3, -0.25) is 0 Å². The summed E-state index contributed by atoms with van der Waals surface area (Å²) in [6.45, 7) is 3.34. The third kappa shape index (κ3) is 1.29. The van der Waals surface area contributed by atoms with Gasteiger partial charge in [-0.15, -0.1) is 0 Å². The first kappa shape index (κ1) is 9.03. The van der Waals surface area contributed by atoms with Crippen molar-refractivity contribution in [3.8, 4) is 0 Å². The molecule has 0 N–H and O–H groups in total. The molecule has 0 unspecified atom stereocenters. The SMILES string of the molecule is CCC1(CC)OC(=O)COC1=O. The van der Waals surface area contributed by atoms with Crippen LogP contribution in [0.2, 0.25) is 0 Å². The summed E-state index contributed by atoms with van der Waals surface area (Å²) in [6.07, 6.45) is 0.933. The van der Waals surface area contributed by atoms with Gasteiger partial charge in [0, 0.05) is 0 Å². The number of carbonyl (C=O) groups is 2. The lowest BCUT2D eigenvalue weighted by Gasteiger charge is -2.32. The van der Waals surface area contributed by atoms with Crippen molar-refractivity contribution in [1.82, 2.24) is 0 Å². The zero-order valence-corrected chi connectivity index (χ0v) is 7.25. The highest BCUT2D eigenvalue weighted by Crippen LogP contribution is 2.25. The largest absolute Gasteiger partial charge is 0.451 e. The fourth-order valence-electron chi connectivity index (χ4n) is 1.23. The minimum atomic E-state index is -1.02. The van der Waals surface area contributed by atoms with Crippen LogP contribution in [0.15, 0.2) is 0 Å². The molecule has 68 valence electrons. The maximum Gasteiger partial charge on any atom is 0.351 e. The van der Waals surface area contributed by atoms with Gasteiger partial charge in [-0.1, -0.05) is 13.8 Å². The van der Waals surface area contributed by atoms with Crippen LogP contribution in [0.1, 0.15) is 26.7 Å². The molecular weight excluding hydrogens is 160 g/mol. The lowest BCUT2D eigenvalue weighted by molar-refractivity contribution is -0.201. The number of hydrogen-bond donors (Lipinski definition) is 0. The Bertz CT molecular complexity index is 205. The molecule has 0 aromatic carbocycles. The van der Waals surface area contributed by atoms with Gasteiger partial charge in [-0.25, -0.2) is 9.59 Å². The van der Waals surface area contributed by atoms with Crippen LogP contribution in [-0.4, -0.2) is 24.1 Å². The van der Waals surface area contributed by atoms with E-state index in [1.807, 2.05) is 0 Å². The molecule has 0 atom stereocenters. The lowest BCUT2D eigenvalue weighted by atomic mass is 9.97. The van der Waals surface area contributed by atoms with Gasteiger partial charge in [0.15, 0.2) is 6.61 Å². The number of hydrogen-bond acceptors (Lipinski definition) is 4. The molecule has 1 rings (SSSR count). The molecule has 4 nitrogen and oxygen atoms in total. The van der Waals surface area contributed by atoms with Gasteiger partial charge in [0.1, 0.15) is 0 Å². The number of carbonyl (C=O) groups excluding carboxylic acids is 2. The molecule has 0 saturated carbocycles. The van der Waals surface area contributed by atoms with Crippen LogP contribution in [0, 0.1) is 0 Å². The van der Waals surface area contributed by atoms with E-state index < -0.39 is 17.5 Å². The second-order valence-electron chi connectivity index (χ2n) is 2.75. The zero-order chi connectivity index (χ0) is 9.19. The van der Waals surface area contributed by atoms with E-state index in [1.54, 1.807) is 13.8 Å². The van der Waals surface area contributed by atoms with E-state index in [-0.39, 0.29) is 6.61 Å². The summed E-state index contributed by atoms with van der Waals surface area (Å²) < 4.78 is 9.65. The van der Waals surface area contributed by atoms with Crippen molar-refractivity contribution in [3.05, 3.63) is 0 Å². The zero-order valence-electron chi connectivity index (χ0n) is 7.25. The second kappa shape index (κ2) is 3.13. The third-order valence-electron chi connectivity index (χ3n) is 2.14. The Kier molecular flexibility index (Phi) is 2.35. The van der Waals surface area contributed by atoms with E-state index >= 15 is 0 Å². The predicted molar refractivity (Wildman–Crippen MR) is 40.4 cm³/mol. The number of ether oxygens (including phenoxy) is 2. The van der Waals surface area contributed by atoms with Crippen LogP contribution in [0.5, 0.6) is 0 Å². The van der Waals surface area contributed by atoms with Gasteiger partial charge in [-0.05, 0) is 12.8 Å². The fourth-order valence-corrected chi connectivity index (χ4v) is 1.23. The van der Waals surface area contributed by atoms with Crippen LogP contribution in [0.4, 0.5) is 0 Å². The van der Waals surface area contributed by atoms with E-state index in [1.165, 1.54) is 0 Å². The van der Waals surface area contributed by atoms with Crippen molar-refractivity contribution in [2.75, 3.05) is 6.61 Å². The third-order valence-corrected chi connectivity index (χ3v) is 2.14. The Morgan fingerprint density at radius 2 is 1.92 bits per heavy atom. The minimum absolute atomic E-state index is 0.249. The standard InChI is InChI=1S/C8H12O4/c1-3-8(4-2)7(10)11-5-6(9)12-8/h3-5H2,1-2H3. The van der Waals surface area contributed by atoms with Gasteiger partial charge < -0.3 is 9.47 Å². The average molecular weight is 172 g/mol. The first-order valence-electron chi connectivity index (χ1n) is 4.03. The van der Waals surface area contributed by atoms with Gasteiger partial charge in [-0.2, -0.15) is 0 Å². The van der Waals surface area contributed by atoms with E-state index in [0.717, 1.165) is 0 Å². The van der Waals surface area contributed by atoms with E-state index in [4.69, 9.17) is 4.74 Å². The van der Waals surface area contributed by atoms with E-state index in [0.29, 0.717) is 12.8 Å². The Balaban J connectivity index is 2.82. The van der Waals surface area contributed by atoms with Crippen LogP contribution < -0.4 is 0 Å². The van der Waals surface area contributed by atoms with Crippen molar-refractivity contribution in [2.24, 2.45) is 0 Å². The molecule has 0 radical (unpaired) electrons. The normalized spacial score (nSPS) is 21.5. The number of esters is 2. The lowest BCUT2D eigenvalue weighted by Crippen LogP contribution is -2.49. The molecule has 1 aliphatic heterocycles. The van der Waals surface area contributed by atoms with Crippen LogP contribution in [0.3, 0.4) is 0 Å². The number of cyclic esters (lactones) is 2. The number of rotatable bonds is 2. The van der Waals surface area contributed by atoms with E-state index in [9.17, 15) is 9.59 Å². The molecule has 0 aromatic rings. The first-order chi connectivity index (χ1) is 5.64. The summed E-state index contributed by atoms with van der Waals surface area (Å²) in [4.78, 5) is 22.1. The summed E-state index contributed by atoms with van der Waals surface area (Å²) in [5, 5.41) is 0. The highest BCUT2D eigenvalue weighted by atomic mass is 16.6. The Labute approximate surface area is 70.8 Å². The highest BCUT2D eigenvalue weighted by Gasteiger charge is 2.44. The average Bonchev–Trinajstić information content (AvgIpc) is 2.09. The van der Waals surface area contributed by atoms with Crippen molar-refractivity contribution in [2.45, 2.75) is 32.3 Å². The van der Waals surface area contributed by atoms with Gasteiger partial charge in [0.05, 0.1) is 0 Å². The summed E-state index contributed by atoms with van der Waals surface area (Å²) in [6, 6.07) is 0. The van der Waals surface area contributed by atoms with Crippen LogP contribution in [-0.2, 0) is 19.1 Å². The van der Waals surface area contributed by atoms with Crippen molar-refractivity contribution >= 4 is 11.9 Å². The molecule has 4 heteroatoms. The highest BCUT2D eigenvalue weighted by molar-refractivity contribution is 5.88. The van der Waals surface area contributed by atoms with Crippen molar-refractivity contribution in [1.29, 1.82) is 0 Å². The molecule has 1 saturated heterocycles. The Hall–Kier alpha value is -1.06. The maximum atomic E-state index is 11.2. The monoisotopic (exact) mass is 172 g/mol. The molecule has 0 bridgehead atoms. The van der Waals surface area contributed by atoms with Gasteiger partial charge in [0.25, 0.3) is 0 Å². The first-order valence-corrected chi connectivity index (χ1v) is 4.03. The topological polar surface area (TPSA) is 52.6 Å². The minimum Gasteiger partial charge on any atom is -0.451 e. The molecule has 1 fully saturated rings. The molecular formula is C8H12O4. The molecule has 0 aromatic heterocycles. The maximum absolute atomic E-state index is 11.2. The molecule has 12 heavy (non-hydrogen) atoms. The van der Waals surface area contributed by atoms with Crippen molar-refractivity contribution in [3.63, 3.8) is 0 Å². The summed E-state index contributed by atoms with van der Waals surface area (Å²) in [5.74, 6) is -0.884. The van der Waals surface area contributed by atoms with Crippen molar-refractivity contribution < 1.29 is 19.1 Å². The van der Waals surface area contributed by atoms with Crippen LogP contribution >= 0.6 is 0 Å². The quantitative estimate of drug-likeness (QED) is 0.574. The summed E-state index contributed by atoms with van der Waals surface area (Å²) >= 11 is 0. The smallest absolute Gasteiger partial charge is 0.351 e. The van der Waals surface area contributed by atoms with Crippen LogP contribution in [0.25, 0.3) is 0 Å². The Morgan fingerprint density at radius 1 is 1.33 bits per heavy atom.